The molecule has 0 spiro atoms. The normalized spacial score (nSPS) is 19.5. The van der Waals surface area contributed by atoms with Crippen molar-refractivity contribution in [3.8, 4) is 0 Å². The summed E-state index contributed by atoms with van der Waals surface area (Å²) < 4.78 is 0. The SMILES string of the molecule is Cl.Cl.Clc1cc(Cl)c(C2CNCCN2)cn1. The number of pyridine rings is 1. The largest absolute Gasteiger partial charge is 0.314 e. The van der Waals surface area contributed by atoms with Crippen LogP contribution in [0.15, 0.2) is 12.3 Å². The van der Waals surface area contributed by atoms with Crippen LogP contribution in [-0.2, 0) is 0 Å². The minimum absolute atomic E-state index is 0. The minimum Gasteiger partial charge on any atom is -0.314 e. The smallest absolute Gasteiger partial charge is 0.130 e. The van der Waals surface area contributed by atoms with Crippen molar-refractivity contribution in [2.24, 2.45) is 0 Å². The first-order chi connectivity index (χ1) is 6.77. The molecule has 1 aliphatic rings. The van der Waals surface area contributed by atoms with Gasteiger partial charge in [-0.25, -0.2) is 4.98 Å². The van der Waals surface area contributed by atoms with Gasteiger partial charge in [-0.3, -0.25) is 0 Å². The molecule has 0 amide bonds. The van der Waals surface area contributed by atoms with Gasteiger partial charge in [0.05, 0.1) is 0 Å². The Kier molecular flexibility index (Phi) is 7.64. The summed E-state index contributed by atoms with van der Waals surface area (Å²) in [5, 5.41) is 7.76. The molecule has 92 valence electrons. The van der Waals surface area contributed by atoms with Gasteiger partial charge in [0.15, 0.2) is 0 Å². The van der Waals surface area contributed by atoms with E-state index < -0.39 is 0 Å². The molecule has 1 aliphatic heterocycles. The summed E-state index contributed by atoms with van der Waals surface area (Å²) in [6.07, 6.45) is 1.73. The third kappa shape index (κ3) is 3.91. The fourth-order valence-corrected chi connectivity index (χ4v) is 2.05. The number of aromatic nitrogens is 1. The van der Waals surface area contributed by atoms with E-state index in [0.717, 1.165) is 25.2 Å². The number of piperazine rings is 1. The maximum Gasteiger partial charge on any atom is 0.130 e. The highest BCUT2D eigenvalue weighted by Crippen LogP contribution is 2.24. The molecule has 1 atom stereocenters. The second kappa shape index (κ2) is 7.54. The third-order valence-electron chi connectivity index (χ3n) is 2.26. The van der Waals surface area contributed by atoms with E-state index in [9.17, 15) is 0 Å². The maximum atomic E-state index is 6.07. The lowest BCUT2D eigenvalue weighted by Crippen LogP contribution is -2.42. The molecule has 1 saturated heterocycles. The molecule has 0 bridgehead atoms. The minimum atomic E-state index is 0. The van der Waals surface area contributed by atoms with Gasteiger partial charge in [-0.2, -0.15) is 0 Å². The van der Waals surface area contributed by atoms with Crippen molar-refractivity contribution in [3.05, 3.63) is 28.0 Å². The summed E-state index contributed by atoms with van der Waals surface area (Å²) in [5.74, 6) is 0. The van der Waals surface area contributed by atoms with Crippen molar-refractivity contribution < 1.29 is 0 Å². The molecule has 3 nitrogen and oxygen atoms in total. The number of hydrogen-bond acceptors (Lipinski definition) is 3. The molecule has 1 aromatic heterocycles. The molecule has 0 aromatic carbocycles. The molecule has 7 heteroatoms. The average Bonchev–Trinajstić information content (AvgIpc) is 2.19. The molecule has 0 radical (unpaired) electrons. The molecule has 2 rings (SSSR count). The van der Waals surface area contributed by atoms with E-state index in [1.807, 2.05) is 0 Å². The van der Waals surface area contributed by atoms with E-state index >= 15 is 0 Å². The van der Waals surface area contributed by atoms with Crippen LogP contribution in [0.4, 0.5) is 0 Å². The Morgan fingerprint density at radius 1 is 1.25 bits per heavy atom. The summed E-state index contributed by atoms with van der Waals surface area (Å²) in [6, 6.07) is 1.91. The van der Waals surface area contributed by atoms with Gasteiger partial charge in [0, 0.05) is 42.5 Å². The van der Waals surface area contributed by atoms with Crippen molar-refractivity contribution in [2.45, 2.75) is 6.04 Å². The average molecular weight is 305 g/mol. The highest BCUT2D eigenvalue weighted by atomic mass is 35.5. The fourth-order valence-electron chi connectivity index (χ4n) is 1.55. The predicted molar refractivity (Wildman–Crippen MR) is 72.4 cm³/mol. The Hall–Kier alpha value is 0.230. The third-order valence-corrected chi connectivity index (χ3v) is 2.80. The maximum absolute atomic E-state index is 6.07. The molecular formula is C9H13Cl4N3. The lowest BCUT2D eigenvalue weighted by molar-refractivity contribution is 0.429. The van der Waals surface area contributed by atoms with Gasteiger partial charge in [-0.05, 0) is 6.07 Å². The Labute approximate surface area is 117 Å². The van der Waals surface area contributed by atoms with E-state index in [-0.39, 0.29) is 30.9 Å². The summed E-state index contributed by atoms with van der Waals surface area (Å²) in [7, 11) is 0. The zero-order chi connectivity index (χ0) is 9.97. The lowest BCUT2D eigenvalue weighted by atomic mass is 10.1. The van der Waals surface area contributed by atoms with E-state index in [1.54, 1.807) is 12.3 Å². The molecule has 2 heterocycles. The van der Waals surface area contributed by atoms with Crippen LogP contribution in [0.1, 0.15) is 11.6 Å². The number of nitrogens with zero attached hydrogens (tertiary/aromatic N) is 1. The van der Waals surface area contributed by atoms with Gasteiger partial charge in [-0.15, -0.1) is 24.8 Å². The molecule has 1 aromatic rings. The summed E-state index contributed by atoms with van der Waals surface area (Å²) in [5.41, 5.74) is 1.00. The highest BCUT2D eigenvalue weighted by molar-refractivity contribution is 6.34. The van der Waals surface area contributed by atoms with E-state index in [2.05, 4.69) is 15.6 Å². The van der Waals surface area contributed by atoms with E-state index in [1.165, 1.54) is 0 Å². The van der Waals surface area contributed by atoms with Crippen LogP contribution in [0.25, 0.3) is 0 Å². The topological polar surface area (TPSA) is 37.0 Å². The van der Waals surface area contributed by atoms with Gasteiger partial charge in [-0.1, -0.05) is 23.2 Å². The van der Waals surface area contributed by atoms with Crippen LogP contribution in [-0.4, -0.2) is 24.6 Å². The zero-order valence-corrected chi connectivity index (χ0v) is 11.5. The van der Waals surface area contributed by atoms with Crippen molar-refractivity contribution >= 4 is 48.0 Å². The van der Waals surface area contributed by atoms with Crippen molar-refractivity contribution in [1.29, 1.82) is 0 Å². The fraction of sp³-hybridized carbons (Fsp3) is 0.444. The van der Waals surface area contributed by atoms with Crippen molar-refractivity contribution in [3.63, 3.8) is 0 Å². The first-order valence-corrected chi connectivity index (χ1v) is 5.28. The molecule has 16 heavy (non-hydrogen) atoms. The summed E-state index contributed by atoms with van der Waals surface area (Å²) >= 11 is 11.8. The monoisotopic (exact) mass is 303 g/mol. The lowest BCUT2D eigenvalue weighted by Gasteiger charge is -2.25. The predicted octanol–water partition coefficient (Wildman–Crippen LogP) is 2.47. The quantitative estimate of drug-likeness (QED) is 0.783. The van der Waals surface area contributed by atoms with E-state index in [4.69, 9.17) is 23.2 Å². The van der Waals surface area contributed by atoms with Gasteiger partial charge >= 0.3 is 0 Å². The first-order valence-electron chi connectivity index (χ1n) is 4.52. The van der Waals surface area contributed by atoms with Crippen molar-refractivity contribution in [1.82, 2.24) is 15.6 Å². The van der Waals surface area contributed by atoms with Gasteiger partial charge in [0.1, 0.15) is 5.15 Å². The van der Waals surface area contributed by atoms with Gasteiger partial charge in [0.2, 0.25) is 0 Å². The number of rotatable bonds is 1. The van der Waals surface area contributed by atoms with Crippen LogP contribution in [0, 0.1) is 0 Å². The van der Waals surface area contributed by atoms with Crippen molar-refractivity contribution in [2.75, 3.05) is 19.6 Å². The summed E-state index contributed by atoms with van der Waals surface area (Å²) in [4.78, 5) is 4.03. The van der Waals surface area contributed by atoms with Crippen LogP contribution < -0.4 is 10.6 Å². The second-order valence-electron chi connectivity index (χ2n) is 3.24. The Morgan fingerprint density at radius 3 is 2.56 bits per heavy atom. The van der Waals surface area contributed by atoms with Crippen LogP contribution in [0.2, 0.25) is 10.2 Å². The second-order valence-corrected chi connectivity index (χ2v) is 4.03. The standard InChI is InChI=1S/C9H11Cl2N3.2ClH/c10-7-3-9(11)14-4-6(7)8-5-12-1-2-13-8;;/h3-4,8,12-13H,1-2,5H2;2*1H. The van der Waals surface area contributed by atoms with Crippen LogP contribution >= 0.6 is 48.0 Å². The first kappa shape index (κ1) is 16.2. The Morgan fingerprint density at radius 2 is 2.00 bits per heavy atom. The molecule has 2 N–H and O–H groups in total. The summed E-state index contributed by atoms with van der Waals surface area (Å²) in [6.45, 7) is 2.82. The molecule has 1 fully saturated rings. The Bertz CT molecular complexity index is 329. The Balaban J connectivity index is 0.00000112. The van der Waals surface area contributed by atoms with Crippen LogP contribution in [0.3, 0.4) is 0 Å². The van der Waals surface area contributed by atoms with Gasteiger partial charge in [0.25, 0.3) is 0 Å². The highest BCUT2D eigenvalue weighted by Gasteiger charge is 2.17. The molecule has 1 unspecified atom stereocenters. The number of halogens is 4. The van der Waals surface area contributed by atoms with Gasteiger partial charge < -0.3 is 10.6 Å². The number of hydrogen-bond donors (Lipinski definition) is 2. The number of nitrogens with one attached hydrogen (secondary N) is 2. The molecular weight excluding hydrogens is 292 g/mol. The zero-order valence-electron chi connectivity index (χ0n) is 8.37. The molecule has 0 saturated carbocycles. The van der Waals surface area contributed by atoms with E-state index in [0.29, 0.717) is 10.2 Å². The van der Waals surface area contributed by atoms with Crippen LogP contribution in [0.5, 0.6) is 0 Å². The molecule has 0 aliphatic carbocycles.